The van der Waals surface area contributed by atoms with Crippen molar-refractivity contribution < 1.29 is 17.6 Å². The Morgan fingerprint density at radius 1 is 0.960 bits per heavy atom. The molecule has 138 valence electrons. The SMILES string of the molecule is Cl.Cl.Fc1ccc(-c2cc(C(F)(F)F)nc(N3CCNCC3)n2)cc1. The number of hydrogen-bond donors (Lipinski definition) is 1. The second-order valence-corrected chi connectivity index (χ2v) is 5.18. The van der Waals surface area contributed by atoms with Crippen LogP contribution in [0.4, 0.5) is 23.5 Å². The number of anilines is 1. The molecule has 2 aromatic rings. The molecular formula is C15H16Cl2F4N4. The fraction of sp³-hybridized carbons (Fsp3) is 0.333. The van der Waals surface area contributed by atoms with Crippen LogP contribution in [-0.2, 0) is 6.18 Å². The lowest BCUT2D eigenvalue weighted by atomic mass is 10.1. The fourth-order valence-corrected chi connectivity index (χ4v) is 2.35. The Hall–Kier alpha value is -1.64. The maximum atomic E-state index is 13.1. The predicted octanol–water partition coefficient (Wildman–Crippen LogP) is 3.55. The lowest BCUT2D eigenvalue weighted by molar-refractivity contribution is -0.141. The number of aromatic nitrogens is 2. The van der Waals surface area contributed by atoms with Gasteiger partial charge in [0.2, 0.25) is 5.95 Å². The summed E-state index contributed by atoms with van der Waals surface area (Å²) in [7, 11) is 0. The summed E-state index contributed by atoms with van der Waals surface area (Å²) in [4.78, 5) is 9.60. The van der Waals surface area contributed by atoms with Crippen molar-refractivity contribution in [3.05, 3.63) is 41.8 Å². The van der Waals surface area contributed by atoms with Crippen molar-refractivity contribution in [3.8, 4) is 11.3 Å². The average molecular weight is 399 g/mol. The smallest absolute Gasteiger partial charge is 0.338 e. The van der Waals surface area contributed by atoms with Gasteiger partial charge in [-0.3, -0.25) is 0 Å². The van der Waals surface area contributed by atoms with Gasteiger partial charge in [0.1, 0.15) is 5.82 Å². The van der Waals surface area contributed by atoms with E-state index < -0.39 is 17.7 Å². The number of halogens is 6. The maximum absolute atomic E-state index is 13.1. The molecule has 1 aliphatic heterocycles. The molecule has 0 unspecified atom stereocenters. The zero-order chi connectivity index (χ0) is 16.4. The number of nitrogens with zero attached hydrogens (tertiary/aromatic N) is 3. The first-order chi connectivity index (χ1) is 10.9. The molecule has 1 fully saturated rings. The molecule has 1 aliphatic rings. The van der Waals surface area contributed by atoms with Crippen molar-refractivity contribution in [2.45, 2.75) is 6.18 Å². The largest absolute Gasteiger partial charge is 0.433 e. The van der Waals surface area contributed by atoms with Gasteiger partial charge < -0.3 is 10.2 Å². The molecule has 0 spiro atoms. The summed E-state index contributed by atoms with van der Waals surface area (Å²) in [5.41, 5.74) is -0.461. The molecule has 0 aliphatic carbocycles. The summed E-state index contributed by atoms with van der Waals surface area (Å²) >= 11 is 0. The van der Waals surface area contributed by atoms with Gasteiger partial charge in [0.05, 0.1) is 5.69 Å². The Labute approximate surface area is 154 Å². The topological polar surface area (TPSA) is 41.1 Å². The number of hydrogen-bond acceptors (Lipinski definition) is 4. The van der Waals surface area contributed by atoms with E-state index in [-0.39, 0.29) is 36.5 Å². The summed E-state index contributed by atoms with van der Waals surface area (Å²) in [6.07, 6.45) is -4.57. The van der Waals surface area contributed by atoms with Crippen LogP contribution >= 0.6 is 24.8 Å². The molecule has 0 atom stereocenters. The van der Waals surface area contributed by atoms with Crippen LogP contribution in [0.15, 0.2) is 30.3 Å². The minimum atomic E-state index is -4.57. The van der Waals surface area contributed by atoms with Gasteiger partial charge >= 0.3 is 6.18 Å². The van der Waals surface area contributed by atoms with Crippen molar-refractivity contribution in [3.63, 3.8) is 0 Å². The molecule has 0 amide bonds. The third-order valence-electron chi connectivity index (χ3n) is 3.54. The van der Waals surface area contributed by atoms with E-state index in [9.17, 15) is 17.6 Å². The molecule has 1 aromatic carbocycles. The molecule has 10 heteroatoms. The normalized spacial score (nSPS) is 14.5. The standard InChI is InChI=1S/C15H14F4N4.2ClH/c16-11-3-1-10(2-4-11)12-9-13(15(17,18)19)22-14(21-12)23-7-5-20-6-8-23;;/h1-4,9,20H,5-8H2;2*1H. The first-order valence-electron chi connectivity index (χ1n) is 7.11. The molecule has 4 nitrogen and oxygen atoms in total. The van der Waals surface area contributed by atoms with E-state index in [0.717, 1.165) is 6.07 Å². The van der Waals surface area contributed by atoms with Crippen LogP contribution in [0.3, 0.4) is 0 Å². The number of benzene rings is 1. The van der Waals surface area contributed by atoms with E-state index in [2.05, 4.69) is 15.3 Å². The quantitative estimate of drug-likeness (QED) is 0.785. The Morgan fingerprint density at radius 3 is 2.12 bits per heavy atom. The predicted molar refractivity (Wildman–Crippen MR) is 92.0 cm³/mol. The minimum Gasteiger partial charge on any atom is -0.338 e. The van der Waals surface area contributed by atoms with Gasteiger partial charge in [0, 0.05) is 31.7 Å². The summed E-state index contributed by atoms with van der Waals surface area (Å²) in [6.45, 7) is 2.38. The summed E-state index contributed by atoms with van der Waals surface area (Å²) in [5.74, 6) is -0.415. The second kappa shape index (κ2) is 8.64. The number of rotatable bonds is 2. The first kappa shape index (κ1) is 21.4. The Kier molecular flexibility index (Phi) is 7.40. The van der Waals surface area contributed by atoms with Crippen molar-refractivity contribution in [1.29, 1.82) is 0 Å². The highest BCUT2D eigenvalue weighted by molar-refractivity contribution is 5.85. The maximum Gasteiger partial charge on any atom is 0.433 e. The van der Waals surface area contributed by atoms with Crippen LogP contribution in [0.25, 0.3) is 11.3 Å². The van der Waals surface area contributed by atoms with Gasteiger partial charge in [-0.1, -0.05) is 0 Å². The zero-order valence-electron chi connectivity index (χ0n) is 12.9. The molecule has 25 heavy (non-hydrogen) atoms. The van der Waals surface area contributed by atoms with Crippen LogP contribution in [0.2, 0.25) is 0 Å². The molecule has 0 bridgehead atoms. The van der Waals surface area contributed by atoms with Crippen LogP contribution < -0.4 is 10.2 Å². The van der Waals surface area contributed by atoms with Crippen molar-refractivity contribution in [1.82, 2.24) is 15.3 Å². The van der Waals surface area contributed by atoms with E-state index in [1.165, 1.54) is 24.3 Å². The zero-order valence-corrected chi connectivity index (χ0v) is 14.5. The van der Waals surface area contributed by atoms with Gasteiger partial charge in [-0.2, -0.15) is 13.2 Å². The molecular weight excluding hydrogens is 383 g/mol. The lowest BCUT2D eigenvalue weighted by Gasteiger charge is -2.28. The number of nitrogens with one attached hydrogen (secondary N) is 1. The number of alkyl halides is 3. The molecule has 0 saturated carbocycles. The van der Waals surface area contributed by atoms with Gasteiger partial charge in [-0.05, 0) is 30.3 Å². The molecule has 1 saturated heterocycles. The van der Waals surface area contributed by atoms with Crippen molar-refractivity contribution in [2.24, 2.45) is 0 Å². The van der Waals surface area contributed by atoms with Crippen molar-refractivity contribution in [2.75, 3.05) is 31.1 Å². The van der Waals surface area contributed by atoms with Gasteiger partial charge in [-0.25, -0.2) is 14.4 Å². The van der Waals surface area contributed by atoms with Crippen LogP contribution in [-0.4, -0.2) is 36.1 Å². The lowest BCUT2D eigenvalue weighted by Crippen LogP contribution is -2.44. The number of piperazine rings is 1. The van der Waals surface area contributed by atoms with Gasteiger partial charge in [-0.15, -0.1) is 24.8 Å². The van der Waals surface area contributed by atoms with E-state index in [1.54, 1.807) is 4.90 Å². The molecule has 1 aromatic heterocycles. The third kappa shape index (κ3) is 5.17. The highest BCUT2D eigenvalue weighted by atomic mass is 35.5. The molecule has 0 radical (unpaired) electrons. The Balaban J connectivity index is 0.00000156. The second-order valence-electron chi connectivity index (χ2n) is 5.18. The van der Waals surface area contributed by atoms with E-state index in [0.29, 0.717) is 31.7 Å². The van der Waals surface area contributed by atoms with Crippen LogP contribution in [0.5, 0.6) is 0 Å². The van der Waals surface area contributed by atoms with E-state index >= 15 is 0 Å². The monoisotopic (exact) mass is 398 g/mol. The molecule has 2 heterocycles. The van der Waals surface area contributed by atoms with Crippen LogP contribution in [0, 0.1) is 5.82 Å². The summed E-state index contributed by atoms with van der Waals surface area (Å²) in [5, 5.41) is 3.12. The Morgan fingerprint density at radius 2 is 1.56 bits per heavy atom. The Bertz CT molecular complexity index is 689. The minimum absolute atomic E-state index is 0. The first-order valence-corrected chi connectivity index (χ1v) is 7.11. The third-order valence-corrected chi connectivity index (χ3v) is 3.54. The van der Waals surface area contributed by atoms with E-state index in [4.69, 9.17) is 0 Å². The summed E-state index contributed by atoms with van der Waals surface area (Å²) < 4.78 is 52.4. The summed E-state index contributed by atoms with van der Waals surface area (Å²) in [6, 6.07) is 6.07. The van der Waals surface area contributed by atoms with Gasteiger partial charge in [0.25, 0.3) is 0 Å². The average Bonchev–Trinajstić information content (AvgIpc) is 2.55. The van der Waals surface area contributed by atoms with E-state index in [1.807, 2.05) is 0 Å². The molecule has 1 N–H and O–H groups in total. The highest BCUT2D eigenvalue weighted by Crippen LogP contribution is 2.31. The molecule has 3 rings (SSSR count). The fourth-order valence-electron chi connectivity index (χ4n) is 2.35. The van der Waals surface area contributed by atoms with Crippen LogP contribution in [0.1, 0.15) is 5.69 Å². The van der Waals surface area contributed by atoms with Crippen molar-refractivity contribution >= 4 is 30.8 Å². The highest BCUT2D eigenvalue weighted by Gasteiger charge is 2.34. The van der Waals surface area contributed by atoms with Gasteiger partial charge in [0.15, 0.2) is 5.69 Å².